The summed E-state index contributed by atoms with van der Waals surface area (Å²) in [5.41, 5.74) is -0.659. The van der Waals surface area contributed by atoms with E-state index < -0.39 is 23.7 Å². The quantitative estimate of drug-likeness (QED) is 0.808. The Kier molecular flexibility index (Phi) is 5.48. The number of carboxylic acid groups (broad SMARTS) is 1. The van der Waals surface area contributed by atoms with Crippen molar-refractivity contribution >= 4 is 12.1 Å². The van der Waals surface area contributed by atoms with Gasteiger partial charge < -0.3 is 15.2 Å². The lowest BCUT2D eigenvalue weighted by Gasteiger charge is -2.22. The Labute approximate surface area is 117 Å². The molecule has 0 saturated carbocycles. The predicted molar refractivity (Wildman–Crippen MR) is 70.0 cm³/mol. The summed E-state index contributed by atoms with van der Waals surface area (Å²) >= 11 is 0. The molecule has 1 aromatic rings. The van der Waals surface area contributed by atoms with E-state index in [2.05, 4.69) is 15.4 Å². The van der Waals surface area contributed by atoms with E-state index >= 15 is 0 Å². The Balaban J connectivity index is 2.40. The van der Waals surface area contributed by atoms with Crippen molar-refractivity contribution in [1.82, 2.24) is 20.1 Å². The van der Waals surface area contributed by atoms with Crippen LogP contribution in [-0.4, -0.2) is 43.6 Å². The van der Waals surface area contributed by atoms with E-state index in [4.69, 9.17) is 9.84 Å². The van der Waals surface area contributed by atoms with Gasteiger partial charge in [0, 0.05) is 6.54 Å². The topological polar surface area (TPSA) is 106 Å². The Bertz CT molecular complexity index is 439. The molecule has 1 heterocycles. The second-order valence-corrected chi connectivity index (χ2v) is 5.34. The highest BCUT2D eigenvalue weighted by atomic mass is 16.6. The molecule has 0 aliphatic rings. The van der Waals surface area contributed by atoms with Gasteiger partial charge >= 0.3 is 12.1 Å². The fraction of sp³-hybridized carbons (Fsp3) is 0.667. The van der Waals surface area contributed by atoms with Crippen LogP contribution in [0.1, 0.15) is 33.6 Å². The number of carboxylic acids is 1. The van der Waals surface area contributed by atoms with Crippen LogP contribution >= 0.6 is 0 Å². The summed E-state index contributed by atoms with van der Waals surface area (Å²) in [4.78, 5) is 26.4. The molecule has 0 aromatic carbocycles. The minimum atomic E-state index is -1.09. The van der Waals surface area contributed by atoms with E-state index in [0.717, 1.165) is 0 Å². The molecule has 0 aliphatic heterocycles. The molecule has 0 fully saturated rings. The fourth-order valence-electron chi connectivity index (χ4n) is 1.51. The number of hydrogen-bond acceptors (Lipinski definition) is 5. The fourth-order valence-corrected chi connectivity index (χ4v) is 1.51. The van der Waals surface area contributed by atoms with Crippen molar-refractivity contribution in [3.8, 4) is 0 Å². The van der Waals surface area contributed by atoms with Gasteiger partial charge in [-0.1, -0.05) is 0 Å². The number of nitrogens with one attached hydrogen (secondary N) is 1. The average Bonchev–Trinajstić information content (AvgIpc) is 2.77. The van der Waals surface area contributed by atoms with Crippen molar-refractivity contribution in [2.75, 3.05) is 0 Å². The number of hydrogen-bond donors (Lipinski definition) is 2. The molecule has 1 rings (SSSR count). The predicted octanol–water partition coefficient (Wildman–Crippen LogP) is 1.04. The van der Waals surface area contributed by atoms with Crippen LogP contribution in [0, 0.1) is 0 Å². The number of aromatic nitrogens is 3. The highest BCUT2D eigenvalue weighted by Gasteiger charge is 2.23. The molecule has 1 atom stereocenters. The first-order valence-corrected chi connectivity index (χ1v) is 6.32. The van der Waals surface area contributed by atoms with Crippen LogP contribution in [0.15, 0.2) is 12.7 Å². The van der Waals surface area contributed by atoms with Crippen LogP contribution in [0.3, 0.4) is 0 Å². The molecule has 0 saturated heterocycles. The van der Waals surface area contributed by atoms with Crippen LogP contribution in [0.4, 0.5) is 4.79 Å². The molecule has 0 aliphatic carbocycles. The monoisotopic (exact) mass is 284 g/mol. The minimum absolute atomic E-state index is 0.286. The lowest BCUT2D eigenvalue weighted by molar-refractivity contribution is -0.139. The molecule has 20 heavy (non-hydrogen) atoms. The summed E-state index contributed by atoms with van der Waals surface area (Å²) in [5, 5.41) is 15.3. The van der Waals surface area contributed by atoms with Crippen molar-refractivity contribution in [3.63, 3.8) is 0 Å². The van der Waals surface area contributed by atoms with Crippen molar-refractivity contribution in [1.29, 1.82) is 0 Å². The van der Waals surface area contributed by atoms with Gasteiger partial charge in [-0.3, -0.25) is 4.68 Å². The second-order valence-electron chi connectivity index (χ2n) is 5.34. The minimum Gasteiger partial charge on any atom is -0.480 e. The number of carbonyl (C=O) groups is 2. The first-order chi connectivity index (χ1) is 9.28. The molecule has 8 nitrogen and oxygen atoms in total. The zero-order chi connectivity index (χ0) is 15.2. The van der Waals surface area contributed by atoms with Gasteiger partial charge in [0.2, 0.25) is 0 Å². The molecule has 1 aromatic heterocycles. The van der Waals surface area contributed by atoms with Gasteiger partial charge in [-0.25, -0.2) is 14.6 Å². The zero-order valence-electron chi connectivity index (χ0n) is 11.9. The summed E-state index contributed by atoms with van der Waals surface area (Å²) in [5.74, 6) is -1.09. The Morgan fingerprint density at radius 1 is 1.45 bits per heavy atom. The van der Waals surface area contributed by atoms with Crippen LogP contribution < -0.4 is 5.32 Å². The maximum atomic E-state index is 11.5. The number of nitrogens with zero attached hydrogens (tertiary/aromatic N) is 3. The van der Waals surface area contributed by atoms with Crippen molar-refractivity contribution in [3.05, 3.63) is 12.7 Å². The number of carbonyl (C=O) groups excluding carboxylic acids is 1. The molecular weight excluding hydrogens is 264 g/mol. The first kappa shape index (κ1) is 15.9. The Morgan fingerprint density at radius 3 is 2.65 bits per heavy atom. The maximum absolute atomic E-state index is 11.5. The summed E-state index contributed by atoms with van der Waals surface area (Å²) in [7, 11) is 0. The Hall–Kier alpha value is -2.12. The van der Waals surface area contributed by atoms with E-state index in [9.17, 15) is 9.59 Å². The summed E-state index contributed by atoms with van der Waals surface area (Å²) in [6.07, 6.45) is 3.07. The highest BCUT2D eigenvalue weighted by Crippen LogP contribution is 2.08. The third kappa shape index (κ3) is 6.17. The van der Waals surface area contributed by atoms with Crippen LogP contribution in [0.2, 0.25) is 0 Å². The Morgan fingerprint density at radius 2 is 2.15 bits per heavy atom. The lowest BCUT2D eigenvalue weighted by Crippen LogP contribution is -2.43. The number of alkyl carbamates (subject to hydrolysis) is 1. The second kappa shape index (κ2) is 6.88. The zero-order valence-corrected chi connectivity index (χ0v) is 11.9. The normalized spacial score (nSPS) is 12.8. The van der Waals surface area contributed by atoms with E-state index in [1.807, 2.05) is 0 Å². The van der Waals surface area contributed by atoms with Gasteiger partial charge in [0.05, 0.1) is 0 Å². The first-order valence-electron chi connectivity index (χ1n) is 6.32. The van der Waals surface area contributed by atoms with Gasteiger partial charge in [0.1, 0.15) is 24.3 Å². The van der Waals surface area contributed by atoms with Crippen LogP contribution in [0.5, 0.6) is 0 Å². The van der Waals surface area contributed by atoms with Crippen molar-refractivity contribution in [2.24, 2.45) is 0 Å². The largest absolute Gasteiger partial charge is 0.480 e. The summed E-state index contributed by atoms with van der Waals surface area (Å²) in [6.45, 7) is 5.69. The standard InChI is InChI=1S/C12H20N4O4/c1-12(2,3)20-11(19)15-9(10(17)18)5-4-6-16-8-13-7-14-16/h7-9H,4-6H2,1-3H3,(H,15,19)(H,17,18). The van der Waals surface area contributed by atoms with Gasteiger partial charge in [0.25, 0.3) is 0 Å². The maximum Gasteiger partial charge on any atom is 0.408 e. The summed E-state index contributed by atoms with van der Waals surface area (Å²) < 4.78 is 6.63. The third-order valence-corrected chi connectivity index (χ3v) is 2.34. The van der Waals surface area contributed by atoms with Crippen LogP contribution in [-0.2, 0) is 16.1 Å². The molecule has 0 spiro atoms. The third-order valence-electron chi connectivity index (χ3n) is 2.34. The number of rotatable bonds is 6. The summed E-state index contributed by atoms with van der Waals surface area (Å²) in [6, 6.07) is -0.978. The van der Waals surface area contributed by atoms with Gasteiger partial charge in [-0.05, 0) is 33.6 Å². The smallest absolute Gasteiger partial charge is 0.408 e. The molecule has 0 bridgehead atoms. The highest BCUT2D eigenvalue weighted by molar-refractivity contribution is 5.79. The van der Waals surface area contributed by atoms with Gasteiger partial charge in [-0.2, -0.15) is 5.10 Å². The lowest BCUT2D eigenvalue weighted by atomic mass is 10.1. The average molecular weight is 284 g/mol. The number of amides is 1. The van der Waals surface area contributed by atoms with Crippen LogP contribution in [0.25, 0.3) is 0 Å². The molecule has 112 valence electrons. The van der Waals surface area contributed by atoms with E-state index in [0.29, 0.717) is 13.0 Å². The molecule has 2 N–H and O–H groups in total. The van der Waals surface area contributed by atoms with Gasteiger partial charge in [-0.15, -0.1) is 0 Å². The molecule has 1 amide bonds. The van der Waals surface area contributed by atoms with Gasteiger partial charge in [0.15, 0.2) is 0 Å². The van der Waals surface area contributed by atoms with E-state index in [1.54, 1.807) is 31.8 Å². The number of aryl methyl sites for hydroxylation is 1. The number of aliphatic carboxylic acids is 1. The SMILES string of the molecule is CC(C)(C)OC(=O)NC(CCCn1cncn1)C(=O)O. The molecule has 0 radical (unpaired) electrons. The molecule has 8 heteroatoms. The number of ether oxygens (including phenoxy) is 1. The van der Waals surface area contributed by atoms with E-state index in [-0.39, 0.29) is 6.42 Å². The molecule has 1 unspecified atom stereocenters. The molecular formula is C12H20N4O4. The van der Waals surface area contributed by atoms with Crippen molar-refractivity contribution < 1.29 is 19.4 Å². The van der Waals surface area contributed by atoms with Crippen molar-refractivity contribution in [2.45, 2.75) is 51.8 Å². The van der Waals surface area contributed by atoms with E-state index in [1.165, 1.54) is 6.33 Å².